The van der Waals surface area contributed by atoms with Crippen LogP contribution in [0.25, 0.3) is 11.0 Å². The molecule has 0 bridgehead atoms. The lowest BCUT2D eigenvalue weighted by Crippen LogP contribution is -2.46. The predicted molar refractivity (Wildman–Crippen MR) is 114 cm³/mol. The van der Waals surface area contributed by atoms with Crippen LogP contribution < -0.4 is 10.2 Å². The van der Waals surface area contributed by atoms with E-state index in [4.69, 9.17) is 4.42 Å². The van der Waals surface area contributed by atoms with Gasteiger partial charge in [0.1, 0.15) is 17.7 Å². The van der Waals surface area contributed by atoms with E-state index in [1.54, 1.807) is 18.4 Å². The fourth-order valence-corrected chi connectivity index (χ4v) is 5.39. The molecule has 2 aromatic heterocycles. The lowest BCUT2D eigenvalue weighted by molar-refractivity contribution is -0.116. The maximum Gasteiger partial charge on any atom is 0.224 e. The van der Waals surface area contributed by atoms with Gasteiger partial charge >= 0.3 is 0 Å². The van der Waals surface area contributed by atoms with Gasteiger partial charge in [-0.25, -0.2) is 4.39 Å². The molecule has 1 amide bonds. The molecule has 0 spiro atoms. The van der Waals surface area contributed by atoms with Crippen molar-refractivity contribution in [2.45, 2.75) is 25.7 Å². The average molecular weight is 414 g/mol. The first kappa shape index (κ1) is 18.6. The van der Waals surface area contributed by atoms with Gasteiger partial charge in [-0.05, 0) is 43.5 Å². The standard InChI is InChI=1S/C22H24FN3O2S/c23-15-4-5-20-17(12-15)19(14-28-20)26-10-8-25(9-11-26)7-6-16-13-18-21(29-16)2-1-3-22(27)24-18/h4-5,12-14H,1-3,6-11H2,(H,24,27). The number of amides is 1. The summed E-state index contributed by atoms with van der Waals surface area (Å²) >= 11 is 1.84. The minimum absolute atomic E-state index is 0.135. The van der Waals surface area contributed by atoms with Gasteiger partial charge in [0.05, 0.1) is 11.4 Å². The second kappa shape index (κ2) is 7.80. The summed E-state index contributed by atoms with van der Waals surface area (Å²) in [6.45, 7) is 4.78. The molecular formula is C22H24FN3O2S. The van der Waals surface area contributed by atoms with Gasteiger partial charge in [0, 0.05) is 54.3 Å². The third kappa shape index (κ3) is 3.89. The van der Waals surface area contributed by atoms with Crippen LogP contribution in [-0.4, -0.2) is 43.5 Å². The van der Waals surface area contributed by atoms with E-state index in [2.05, 4.69) is 21.2 Å². The number of piperazine rings is 1. The normalized spacial score (nSPS) is 18.0. The fourth-order valence-electron chi connectivity index (χ4n) is 4.23. The Morgan fingerprint density at radius 2 is 2.00 bits per heavy atom. The SMILES string of the molecule is O=C1CCCc2sc(CCN3CCN(c4coc5ccc(F)cc45)CC3)cc2N1. The van der Waals surface area contributed by atoms with E-state index in [0.717, 1.165) is 74.3 Å². The average Bonchev–Trinajstić information content (AvgIpc) is 3.26. The number of thiophene rings is 1. The number of carbonyl (C=O) groups excluding carboxylic acids is 1. The van der Waals surface area contributed by atoms with Crippen LogP contribution in [0.3, 0.4) is 0 Å². The van der Waals surface area contributed by atoms with Crippen molar-refractivity contribution >= 4 is 39.6 Å². The van der Waals surface area contributed by atoms with Crippen LogP contribution in [0.15, 0.2) is 34.9 Å². The van der Waals surface area contributed by atoms with E-state index in [9.17, 15) is 9.18 Å². The molecule has 152 valence electrons. The highest BCUT2D eigenvalue weighted by atomic mass is 32.1. The van der Waals surface area contributed by atoms with Crippen molar-refractivity contribution in [2.75, 3.05) is 42.9 Å². The van der Waals surface area contributed by atoms with E-state index < -0.39 is 0 Å². The Kier molecular flexibility index (Phi) is 5.01. The third-order valence-electron chi connectivity index (χ3n) is 5.84. The zero-order valence-corrected chi connectivity index (χ0v) is 17.1. The van der Waals surface area contributed by atoms with Gasteiger partial charge in [0.2, 0.25) is 5.91 Å². The zero-order chi connectivity index (χ0) is 19.8. The molecule has 3 aromatic rings. The second-order valence-corrected chi connectivity index (χ2v) is 9.01. The Morgan fingerprint density at radius 3 is 2.86 bits per heavy atom. The van der Waals surface area contributed by atoms with Crippen LogP contribution in [0.2, 0.25) is 0 Å². The number of anilines is 2. The van der Waals surface area contributed by atoms with Crippen LogP contribution in [0.4, 0.5) is 15.8 Å². The molecule has 0 unspecified atom stereocenters. The van der Waals surface area contributed by atoms with Gasteiger partial charge < -0.3 is 14.6 Å². The smallest absolute Gasteiger partial charge is 0.224 e. The van der Waals surface area contributed by atoms with E-state index in [0.29, 0.717) is 6.42 Å². The molecule has 29 heavy (non-hydrogen) atoms. The molecule has 2 aliphatic rings. The number of hydrogen-bond donors (Lipinski definition) is 1. The van der Waals surface area contributed by atoms with E-state index in [1.807, 2.05) is 11.3 Å². The summed E-state index contributed by atoms with van der Waals surface area (Å²) in [5, 5.41) is 3.88. The predicted octanol–water partition coefficient (Wildman–Crippen LogP) is 4.27. The van der Waals surface area contributed by atoms with Crippen LogP contribution in [0.5, 0.6) is 0 Å². The van der Waals surface area contributed by atoms with Gasteiger partial charge in [-0.3, -0.25) is 9.69 Å². The summed E-state index contributed by atoms with van der Waals surface area (Å²) in [6.07, 6.45) is 5.31. The molecule has 1 fully saturated rings. The number of rotatable bonds is 4. The van der Waals surface area contributed by atoms with Gasteiger partial charge in [0.25, 0.3) is 0 Å². The molecule has 1 aromatic carbocycles. The highest BCUT2D eigenvalue weighted by Crippen LogP contribution is 2.32. The van der Waals surface area contributed by atoms with Crippen molar-refractivity contribution in [3.05, 3.63) is 46.1 Å². The number of nitrogens with one attached hydrogen (secondary N) is 1. The third-order valence-corrected chi connectivity index (χ3v) is 7.10. The van der Waals surface area contributed by atoms with Crippen LogP contribution >= 0.6 is 11.3 Å². The molecule has 1 saturated heterocycles. The molecule has 0 atom stereocenters. The minimum Gasteiger partial charge on any atom is -0.462 e. The summed E-state index contributed by atoms with van der Waals surface area (Å²) < 4.78 is 19.2. The molecule has 0 saturated carbocycles. The van der Waals surface area contributed by atoms with Crippen molar-refractivity contribution in [1.29, 1.82) is 0 Å². The number of nitrogens with zero attached hydrogens (tertiary/aromatic N) is 2. The lowest BCUT2D eigenvalue weighted by Gasteiger charge is -2.35. The maximum atomic E-state index is 13.6. The Morgan fingerprint density at radius 1 is 1.14 bits per heavy atom. The number of aryl methyl sites for hydroxylation is 1. The number of carbonyl (C=O) groups is 1. The molecule has 5 rings (SSSR count). The topological polar surface area (TPSA) is 48.7 Å². The summed E-state index contributed by atoms with van der Waals surface area (Å²) in [7, 11) is 0. The van der Waals surface area contributed by atoms with Crippen molar-refractivity contribution in [3.8, 4) is 0 Å². The zero-order valence-electron chi connectivity index (χ0n) is 16.2. The van der Waals surface area contributed by atoms with E-state index >= 15 is 0 Å². The summed E-state index contributed by atoms with van der Waals surface area (Å²) in [5.41, 5.74) is 2.74. The van der Waals surface area contributed by atoms with Gasteiger partial charge in [-0.15, -0.1) is 11.3 Å². The molecule has 2 aliphatic heterocycles. The van der Waals surface area contributed by atoms with Gasteiger partial charge in [-0.1, -0.05) is 0 Å². The van der Waals surface area contributed by atoms with E-state index in [-0.39, 0.29) is 11.7 Å². The monoisotopic (exact) mass is 413 g/mol. The van der Waals surface area contributed by atoms with Crippen LogP contribution in [0.1, 0.15) is 22.6 Å². The summed E-state index contributed by atoms with van der Waals surface area (Å²) in [6, 6.07) is 6.84. The molecular weight excluding hydrogens is 389 g/mol. The van der Waals surface area contributed by atoms with Crippen molar-refractivity contribution in [1.82, 2.24) is 4.90 Å². The summed E-state index contributed by atoms with van der Waals surface area (Å²) in [4.78, 5) is 19.2. The number of fused-ring (bicyclic) bond motifs is 2. The minimum atomic E-state index is -0.232. The molecule has 5 nitrogen and oxygen atoms in total. The highest BCUT2D eigenvalue weighted by Gasteiger charge is 2.21. The Hall–Kier alpha value is -2.38. The number of benzene rings is 1. The van der Waals surface area contributed by atoms with Crippen LogP contribution in [0, 0.1) is 5.82 Å². The van der Waals surface area contributed by atoms with Crippen LogP contribution in [-0.2, 0) is 17.6 Å². The maximum absolute atomic E-state index is 13.6. The largest absolute Gasteiger partial charge is 0.462 e. The number of halogens is 1. The van der Waals surface area contributed by atoms with Gasteiger partial charge in [0.15, 0.2) is 0 Å². The Bertz CT molecular complexity index is 1040. The summed E-state index contributed by atoms with van der Waals surface area (Å²) in [5.74, 6) is -0.0970. The first-order chi connectivity index (χ1) is 14.2. The Labute approximate surface area is 173 Å². The molecule has 7 heteroatoms. The molecule has 1 N–H and O–H groups in total. The molecule has 4 heterocycles. The second-order valence-electron chi connectivity index (χ2n) is 7.79. The highest BCUT2D eigenvalue weighted by molar-refractivity contribution is 7.12. The quantitative estimate of drug-likeness (QED) is 0.694. The first-order valence-electron chi connectivity index (χ1n) is 10.2. The van der Waals surface area contributed by atoms with Crippen molar-refractivity contribution in [2.24, 2.45) is 0 Å². The molecule has 0 radical (unpaired) electrons. The lowest BCUT2D eigenvalue weighted by atomic mass is 10.2. The Balaban J connectivity index is 1.18. The first-order valence-corrected chi connectivity index (χ1v) is 11.0. The number of furan rings is 1. The molecule has 0 aliphatic carbocycles. The van der Waals surface area contributed by atoms with Crippen molar-refractivity contribution in [3.63, 3.8) is 0 Å². The fraction of sp³-hybridized carbons (Fsp3) is 0.409. The van der Waals surface area contributed by atoms with Crippen molar-refractivity contribution < 1.29 is 13.6 Å². The van der Waals surface area contributed by atoms with E-state index in [1.165, 1.54) is 15.8 Å². The van der Waals surface area contributed by atoms with Gasteiger partial charge in [-0.2, -0.15) is 0 Å². The number of hydrogen-bond acceptors (Lipinski definition) is 5.